The van der Waals surface area contributed by atoms with Crippen molar-refractivity contribution in [2.24, 2.45) is 0 Å². The number of benzene rings is 1. The van der Waals surface area contributed by atoms with Crippen molar-refractivity contribution in [1.29, 1.82) is 0 Å². The van der Waals surface area contributed by atoms with Crippen molar-refractivity contribution in [1.82, 2.24) is 4.90 Å². The molecule has 0 atom stereocenters. The monoisotopic (exact) mass is 235 g/mol. The van der Waals surface area contributed by atoms with Crippen molar-refractivity contribution in [2.75, 3.05) is 13.1 Å². The lowest BCUT2D eigenvalue weighted by atomic mass is 9.91. The quantitative estimate of drug-likeness (QED) is 0.819. The number of aliphatic hydroxyl groups is 1. The number of nitrogens with zero attached hydrogens (tertiary/aromatic N) is 1. The summed E-state index contributed by atoms with van der Waals surface area (Å²) in [5, 5.41) is 19.4. The molecule has 1 saturated heterocycles. The molecule has 1 aromatic carbocycles. The first-order chi connectivity index (χ1) is 8.04. The van der Waals surface area contributed by atoms with Crippen molar-refractivity contribution >= 4 is 5.91 Å². The SMILES string of the molecule is CCC1(O)CN(C(=O)Cc2ccccc2O)C1. The van der Waals surface area contributed by atoms with Gasteiger partial charge in [0, 0.05) is 5.56 Å². The highest BCUT2D eigenvalue weighted by atomic mass is 16.3. The van der Waals surface area contributed by atoms with Gasteiger partial charge in [0.15, 0.2) is 0 Å². The Morgan fingerprint density at radius 2 is 2.06 bits per heavy atom. The summed E-state index contributed by atoms with van der Waals surface area (Å²) in [6, 6.07) is 6.82. The third-order valence-electron chi connectivity index (χ3n) is 3.31. The maximum absolute atomic E-state index is 11.9. The van der Waals surface area contributed by atoms with Crippen LogP contribution in [0.3, 0.4) is 0 Å². The molecule has 0 spiro atoms. The largest absolute Gasteiger partial charge is 0.508 e. The van der Waals surface area contributed by atoms with Crippen LogP contribution in [0.2, 0.25) is 0 Å². The Labute approximate surface area is 100 Å². The van der Waals surface area contributed by atoms with E-state index in [0.717, 1.165) is 0 Å². The molecule has 0 saturated carbocycles. The van der Waals surface area contributed by atoms with Gasteiger partial charge in [-0.3, -0.25) is 4.79 Å². The molecule has 1 aliphatic heterocycles. The van der Waals surface area contributed by atoms with Crippen LogP contribution in [0, 0.1) is 0 Å². The van der Waals surface area contributed by atoms with Gasteiger partial charge in [-0.25, -0.2) is 0 Å². The van der Waals surface area contributed by atoms with E-state index < -0.39 is 5.60 Å². The number of β-amino-alcohol motifs (C(OH)–C–C–N with tert-alkyl or cyclic N) is 1. The molecular formula is C13H17NO3. The third-order valence-corrected chi connectivity index (χ3v) is 3.31. The molecule has 1 fully saturated rings. The summed E-state index contributed by atoms with van der Waals surface area (Å²) in [7, 11) is 0. The van der Waals surface area contributed by atoms with Gasteiger partial charge in [-0.15, -0.1) is 0 Å². The van der Waals surface area contributed by atoms with Crippen LogP contribution < -0.4 is 0 Å². The fourth-order valence-electron chi connectivity index (χ4n) is 2.00. The van der Waals surface area contributed by atoms with Gasteiger partial charge in [0.25, 0.3) is 0 Å². The molecule has 0 aromatic heterocycles. The van der Waals surface area contributed by atoms with E-state index in [1.54, 1.807) is 29.2 Å². The zero-order valence-electron chi connectivity index (χ0n) is 9.89. The minimum absolute atomic E-state index is 0.0513. The van der Waals surface area contributed by atoms with Crippen LogP contribution >= 0.6 is 0 Å². The Kier molecular flexibility index (Phi) is 3.07. The standard InChI is InChI=1S/C13H17NO3/c1-2-13(17)8-14(9-13)12(16)7-10-5-3-4-6-11(10)15/h3-6,15,17H,2,7-9H2,1H3. The van der Waals surface area contributed by atoms with Gasteiger partial charge in [0.2, 0.25) is 5.91 Å². The van der Waals surface area contributed by atoms with Crippen LogP contribution in [0.15, 0.2) is 24.3 Å². The Bertz CT molecular complexity index is 424. The topological polar surface area (TPSA) is 60.8 Å². The smallest absolute Gasteiger partial charge is 0.227 e. The Balaban J connectivity index is 1.94. The number of amides is 1. The van der Waals surface area contributed by atoms with E-state index in [0.29, 0.717) is 25.1 Å². The number of phenolic OH excluding ortho intramolecular Hbond substituents is 1. The molecule has 0 bridgehead atoms. The second-order valence-electron chi connectivity index (χ2n) is 4.63. The summed E-state index contributed by atoms with van der Waals surface area (Å²) < 4.78 is 0. The highest BCUT2D eigenvalue weighted by Gasteiger charge is 2.41. The molecule has 1 heterocycles. The second kappa shape index (κ2) is 4.37. The zero-order valence-corrected chi connectivity index (χ0v) is 9.89. The molecule has 1 aromatic rings. The molecule has 0 aliphatic carbocycles. The number of aromatic hydroxyl groups is 1. The molecule has 1 aliphatic rings. The first kappa shape index (κ1) is 11.9. The average molecular weight is 235 g/mol. The van der Waals surface area contributed by atoms with Crippen LogP contribution in [0.25, 0.3) is 0 Å². The van der Waals surface area contributed by atoms with E-state index in [-0.39, 0.29) is 18.1 Å². The number of rotatable bonds is 3. The Hall–Kier alpha value is -1.55. The van der Waals surface area contributed by atoms with Crippen molar-refractivity contribution < 1.29 is 15.0 Å². The molecular weight excluding hydrogens is 218 g/mol. The summed E-state index contributed by atoms with van der Waals surface area (Å²) in [4.78, 5) is 13.5. The van der Waals surface area contributed by atoms with Crippen LogP contribution in [0.4, 0.5) is 0 Å². The molecule has 1 amide bonds. The van der Waals surface area contributed by atoms with E-state index in [4.69, 9.17) is 0 Å². The van der Waals surface area contributed by atoms with E-state index in [1.807, 2.05) is 6.92 Å². The average Bonchev–Trinajstić information content (AvgIpc) is 2.28. The summed E-state index contributed by atoms with van der Waals surface area (Å²) in [5.41, 5.74) is -0.0709. The minimum Gasteiger partial charge on any atom is -0.508 e. The van der Waals surface area contributed by atoms with Crippen molar-refractivity contribution in [3.63, 3.8) is 0 Å². The van der Waals surface area contributed by atoms with Crippen molar-refractivity contribution in [3.05, 3.63) is 29.8 Å². The number of carbonyl (C=O) groups excluding carboxylic acids is 1. The van der Waals surface area contributed by atoms with Crippen LogP contribution in [0.1, 0.15) is 18.9 Å². The summed E-state index contributed by atoms with van der Waals surface area (Å²) in [6.07, 6.45) is 0.847. The second-order valence-corrected chi connectivity index (χ2v) is 4.63. The first-order valence-corrected chi connectivity index (χ1v) is 5.81. The van der Waals surface area contributed by atoms with E-state index in [2.05, 4.69) is 0 Å². The number of para-hydroxylation sites is 1. The van der Waals surface area contributed by atoms with E-state index >= 15 is 0 Å². The lowest BCUT2D eigenvalue weighted by Gasteiger charge is -2.46. The van der Waals surface area contributed by atoms with Crippen molar-refractivity contribution in [3.8, 4) is 5.75 Å². The third kappa shape index (κ3) is 2.42. The minimum atomic E-state index is -0.700. The molecule has 0 radical (unpaired) electrons. The van der Waals surface area contributed by atoms with Gasteiger partial charge in [-0.05, 0) is 12.5 Å². The predicted molar refractivity (Wildman–Crippen MR) is 63.6 cm³/mol. The van der Waals surface area contributed by atoms with Gasteiger partial charge in [-0.2, -0.15) is 0 Å². The fourth-order valence-corrected chi connectivity index (χ4v) is 2.00. The molecule has 4 heteroatoms. The fraction of sp³-hybridized carbons (Fsp3) is 0.462. The van der Waals surface area contributed by atoms with Gasteiger partial charge in [-0.1, -0.05) is 25.1 Å². The lowest BCUT2D eigenvalue weighted by molar-refractivity contribution is -0.155. The molecule has 92 valence electrons. The number of phenols is 1. The van der Waals surface area contributed by atoms with Gasteiger partial charge < -0.3 is 15.1 Å². The number of hydrogen-bond donors (Lipinski definition) is 2. The first-order valence-electron chi connectivity index (χ1n) is 5.81. The zero-order chi connectivity index (χ0) is 12.5. The van der Waals surface area contributed by atoms with Gasteiger partial charge in [0.1, 0.15) is 5.75 Å². The van der Waals surface area contributed by atoms with Crippen LogP contribution in [-0.4, -0.2) is 39.7 Å². The normalized spacial score (nSPS) is 17.6. The molecule has 0 unspecified atom stereocenters. The van der Waals surface area contributed by atoms with Gasteiger partial charge in [0.05, 0.1) is 25.1 Å². The maximum Gasteiger partial charge on any atom is 0.227 e. The summed E-state index contributed by atoms with van der Waals surface area (Å²) >= 11 is 0. The molecule has 17 heavy (non-hydrogen) atoms. The molecule has 2 N–H and O–H groups in total. The highest BCUT2D eigenvalue weighted by Crippen LogP contribution is 2.25. The van der Waals surface area contributed by atoms with Crippen molar-refractivity contribution in [2.45, 2.75) is 25.4 Å². The van der Waals surface area contributed by atoms with E-state index in [1.165, 1.54) is 0 Å². The molecule has 4 nitrogen and oxygen atoms in total. The van der Waals surface area contributed by atoms with Gasteiger partial charge >= 0.3 is 0 Å². The number of likely N-dealkylation sites (tertiary alicyclic amines) is 1. The molecule has 2 rings (SSSR count). The highest BCUT2D eigenvalue weighted by molar-refractivity contribution is 5.80. The maximum atomic E-state index is 11.9. The Morgan fingerprint density at radius 3 is 2.65 bits per heavy atom. The van der Waals surface area contributed by atoms with E-state index in [9.17, 15) is 15.0 Å². The number of carbonyl (C=O) groups is 1. The summed E-state index contributed by atoms with van der Waals surface area (Å²) in [6.45, 7) is 2.71. The predicted octanol–water partition coefficient (Wildman–Crippen LogP) is 0.918. The lowest BCUT2D eigenvalue weighted by Crippen LogP contribution is -2.63. The number of hydrogen-bond acceptors (Lipinski definition) is 3. The van der Waals surface area contributed by atoms with Crippen LogP contribution in [-0.2, 0) is 11.2 Å². The van der Waals surface area contributed by atoms with Crippen LogP contribution in [0.5, 0.6) is 5.75 Å². The summed E-state index contributed by atoms with van der Waals surface area (Å²) in [5.74, 6) is 0.0942. The Morgan fingerprint density at radius 1 is 1.41 bits per heavy atom.